The molecule has 26 heavy (non-hydrogen) atoms. The average molecular weight is 403 g/mol. The van der Waals surface area contributed by atoms with Crippen LogP contribution in [0.3, 0.4) is 0 Å². The molecule has 0 saturated carbocycles. The van der Waals surface area contributed by atoms with Crippen molar-refractivity contribution in [3.05, 3.63) is 33.9 Å². The quantitative estimate of drug-likeness (QED) is 0.424. The molecule has 0 aliphatic carbocycles. The monoisotopic (exact) mass is 402 g/mol. The minimum Gasteiger partial charge on any atom is -0.355 e. The second kappa shape index (κ2) is 10.3. The number of halogens is 1. The van der Waals surface area contributed by atoms with Gasteiger partial charge in [0.25, 0.3) is 11.6 Å². The van der Waals surface area contributed by atoms with Crippen LogP contribution in [0.1, 0.15) is 23.2 Å². The highest BCUT2D eigenvalue weighted by Crippen LogP contribution is 2.29. The Morgan fingerprint density at radius 2 is 2.19 bits per heavy atom. The molecule has 0 radical (unpaired) electrons. The largest absolute Gasteiger partial charge is 0.355 e. The second-order valence-corrected chi connectivity index (χ2v) is 6.66. The van der Waals surface area contributed by atoms with Crippen LogP contribution in [0.2, 0.25) is 0 Å². The van der Waals surface area contributed by atoms with Gasteiger partial charge < -0.3 is 16.0 Å². The predicted octanol–water partition coefficient (Wildman–Crippen LogP) is 1.67. The van der Waals surface area contributed by atoms with Crippen LogP contribution in [0, 0.1) is 16.0 Å². The van der Waals surface area contributed by atoms with E-state index in [1.165, 1.54) is 17.8 Å². The molecule has 1 fully saturated rings. The number of hydrogen-bond donors (Lipinski definition) is 2. The number of hydrogen-bond acceptors (Lipinski definition) is 6. The molecule has 0 aromatic heterocycles. The maximum absolute atomic E-state index is 12.7. The van der Waals surface area contributed by atoms with Crippen molar-refractivity contribution >= 4 is 41.7 Å². The van der Waals surface area contributed by atoms with Crippen LogP contribution in [-0.2, 0) is 4.79 Å². The summed E-state index contributed by atoms with van der Waals surface area (Å²) in [4.78, 5) is 37.6. The van der Waals surface area contributed by atoms with E-state index >= 15 is 0 Å². The molecule has 1 aromatic carbocycles. The highest BCUT2D eigenvalue weighted by molar-refractivity contribution is 7.98. The number of nitrogens with zero attached hydrogens (tertiary/aromatic N) is 2. The smallest absolute Gasteiger partial charge is 0.283 e. The lowest BCUT2D eigenvalue weighted by atomic mass is 9.96. The fraction of sp³-hybridized carbons (Fsp3) is 0.500. The fourth-order valence-corrected chi connectivity index (χ4v) is 3.41. The number of nitro benzene ring substituents is 1. The first-order valence-corrected chi connectivity index (χ1v) is 9.30. The number of nitro groups is 1. The van der Waals surface area contributed by atoms with Gasteiger partial charge in [-0.05, 0) is 31.2 Å². The maximum Gasteiger partial charge on any atom is 0.283 e. The Labute approximate surface area is 162 Å². The van der Waals surface area contributed by atoms with Crippen molar-refractivity contribution in [1.29, 1.82) is 0 Å². The third kappa shape index (κ3) is 5.33. The molecule has 1 unspecified atom stereocenters. The van der Waals surface area contributed by atoms with Crippen LogP contribution >= 0.6 is 24.2 Å². The molecule has 1 atom stereocenters. The SMILES string of the molecule is CSc1ccc(C(=O)N2CCCC(C(=O)NCCN)C2)cc1[N+](=O)[O-].Cl. The molecule has 10 heteroatoms. The van der Waals surface area contributed by atoms with Crippen LogP contribution in [0.5, 0.6) is 0 Å². The molecule has 3 N–H and O–H groups in total. The summed E-state index contributed by atoms with van der Waals surface area (Å²) in [7, 11) is 0. The first kappa shape index (κ1) is 22.2. The van der Waals surface area contributed by atoms with Gasteiger partial charge in [0.05, 0.1) is 15.7 Å². The lowest BCUT2D eigenvalue weighted by Gasteiger charge is -2.32. The Bertz CT molecular complexity index is 674. The molecular formula is C16H23ClN4O4S. The molecule has 2 amide bonds. The summed E-state index contributed by atoms with van der Waals surface area (Å²) in [5.74, 6) is -0.663. The molecule has 0 spiro atoms. The number of piperidine rings is 1. The summed E-state index contributed by atoms with van der Waals surface area (Å²) in [6, 6.07) is 4.50. The van der Waals surface area contributed by atoms with Gasteiger partial charge in [-0.15, -0.1) is 24.2 Å². The first-order valence-electron chi connectivity index (χ1n) is 8.07. The molecule has 1 heterocycles. The number of carbonyl (C=O) groups excluding carboxylic acids is 2. The topological polar surface area (TPSA) is 119 Å². The molecular weight excluding hydrogens is 380 g/mol. The average Bonchev–Trinajstić information content (AvgIpc) is 2.64. The van der Waals surface area contributed by atoms with Gasteiger partial charge in [-0.3, -0.25) is 19.7 Å². The van der Waals surface area contributed by atoms with Crippen LogP contribution < -0.4 is 11.1 Å². The van der Waals surface area contributed by atoms with Gasteiger partial charge in [0.15, 0.2) is 0 Å². The maximum atomic E-state index is 12.7. The van der Waals surface area contributed by atoms with Gasteiger partial charge in [-0.2, -0.15) is 0 Å². The van der Waals surface area contributed by atoms with E-state index < -0.39 is 4.92 Å². The molecule has 1 aromatic rings. The fourth-order valence-electron chi connectivity index (χ4n) is 2.86. The van der Waals surface area contributed by atoms with Gasteiger partial charge >= 0.3 is 0 Å². The van der Waals surface area contributed by atoms with E-state index in [0.717, 1.165) is 6.42 Å². The number of thioether (sulfide) groups is 1. The zero-order valence-electron chi connectivity index (χ0n) is 14.5. The summed E-state index contributed by atoms with van der Waals surface area (Å²) in [5, 5.41) is 13.9. The van der Waals surface area contributed by atoms with E-state index in [0.29, 0.717) is 37.5 Å². The highest BCUT2D eigenvalue weighted by atomic mass is 35.5. The number of likely N-dealkylation sites (tertiary alicyclic amines) is 1. The highest BCUT2D eigenvalue weighted by Gasteiger charge is 2.29. The Kier molecular flexibility index (Phi) is 8.83. The number of benzene rings is 1. The summed E-state index contributed by atoms with van der Waals surface area (Å²) < 4.78 is 0. The van der Waals surface area contributed by atoms with Crippen molar-refractivity contribution in [2.45, 2.75) is 17.7 Å². The zero-order valence-corrected chi connectivity index (χ0v) is 16.1. The molecule has 1 aliphatic heterocycles. The molecule has 144 valence electrons. The third-order valence-electron chi connectivity index (χ3n) is 4.15. The van der Waals surface area contributed by atoms with E-state index in [9.17, 15) is 19.7 Å². The number of rotatable bonds is 6. The normalized spacial score (nSPS) is 16.5. The number of nitrogens with one attached hydrogen (secondary N) is 1. The lowest BCUT2D eigenvalue weighted by molar-refractivity contribution is -0.387. The van der Waals surface area contributed by atoms with E-state index in [2.05, 4.69) is 5.32 Å². The molecule has 0 bridgehead atoms. The van der Waals surface area contributed by atoms with Gasteiger partial charge in [0, 0.05) is 37.8 Å². The predicted molar refractivity (Wildman–Crippen MR) is 103 cm³/mol. The summed E-state index contributed by atoms with van der Waals surface area (Å²) in [6.45, 7) is 1.63. The van der Waals surface area contributed by atoms with Crippen LogP contribution in [0.15, 0.2) is 23.1 Å². The van der Waals surface area contributed by atoms with Crippen molar-refractivity contribution in [1.82, 2.24) is 10.2 Å². The Morgan fingerprint density at radius 3 is 2.81 bits per heavy atom. The molecule has 1 saturated heterocycles. The lowest BCUT2D eigenvalue weighted by Crippen LogP contribution is -2.46. The molecule has 8 nitrogen and oxygen atoms in total. The Hall–Kier alpha value is -1.84. The van der Waals surface area contributed by atoms with Crippen molar-refractivity contribution < 1.29 is 14.5 Å². The van der Waals surface area contributed by atoms with Gasteiger partial charge in [0.2, 0.25) is 5.91 Å². The summed E-state index contributed by atoms with van der Waals surface area (Å²) in [6.07, 6.45) is 3.18. The van der Waals surface area contributed by atoms with Crippen molar-refractivity contribution in [3.8, 4) is 0 Å². The summed E-state index contributed by atoms with van der Waals surface area (Å²) >= 11 is 1.26. The number of carbonyl (C=O) groups is 2. The van der Waals surface area contributed by atoms with E-state index in [1.807, 2.05) is 0 Å². The second-order valence-electron chi connectivity index (χ2n) is 5.81. The standard InChI is InChI=1S/C16H22N4O4S.ClH/c1-25-14-5-4-11(9-13(14)20(23)24)16(22)19-8-2-3-12(10-19)15(21)18-7-6-17;/h4-5,9,12H,2-3,6-8,10,17H2,1H3,(H,18,21);1H. The van der Waals surface area contributed by atoms with Crippen LogP contribution in [0.25, 0.3) is 0 Å². The van der Waals surface area contributed by atoms with Crippen molar-refractivity contribution in [2.24, 2.45) is 11.7 Å². The first-order chi connectivity index (χ1) is 12.0. The van der Waals surface area contributed by atoms with E-state index in [-0.39, 0.29) is 41.4 Å². The van der Waals surface area contributed by atoms with Gasteiger partial charge in [-0.25, -0.2) is 0 Å². The minimum atomic E-state index is -0.484. The molecule has 2 rings (SSSR count). The van der Waals surface area contributed by atoms with Crippen molar-refractivity contribution in [2.75, 3.05) is 32.4 Å². The number of nitrogens with two attached hydrogens (primary N) is 1. The zero-order chi connectivity index (χ0) is 18.4. The Balaban J connectivity index is 0.00000338. The third-order valence-corrected chi connectivity index (χ3v) is 4.93. The Morgan fingerprint density at radius 1 is 1.46 bits per heavy atom. The van der Waals surface area contributed by atoms with Gasteiger partial charge in [0.1, 0.15) is 0 Å². The number of amides is 2. The van der Waals surface area contributed by atoms with Crippen LogP contribution in [-0.4, -0.2) is 54.1 Å². The minimum absolute atomic E-state index is 0. The van der Waals surface area contributed by atoms with E-state index in [1.54, 1.807) is 23.3 Å². The van der Waals surface area contributed by atoms with E-state index in [4.69, 9.17) is 5.73 Å². The summed E-state index contributed by atoms with van der Waals surface area (Å²) in [5.41, 5.74) is 5.58. The van der Waals surface area contributed by atoms with Gasteiger partial charge in [-0.1, -0.05) is 0 Å². The van der Waals surface area contributed by atoms with Crippen molar-refractivity contribution in [3.63, 3.8) is 0 Å². The van der Waals surface area contributed by atoms with Crippen LogP contribution in [0.4, 0.5) is 5.69 Å². The molecule has 1 aliphatic rings.